The largest absolute Gasteiger partial charge is 0.506 e. The molecule has 0 spiro atoms. The van der Waals surface area contributed by atoms with Crippen molar-refractivity contribution in [2.45, 2.75) is 32.4 Å². The zero-order valence-corrected chi connectivity index (χ0v) is 9.11. The lowest BCUT2D eigenvalue weighted by molar-refractivity contribution is 0.269. The summed E-state index contributed by atoms with van der Waals surface area (Å²) in [6.45, 7) is 4.19. The zero-order chi connectivity index (χ0) is 10.8. The number of hydrogen-bond donors (Lipinski definition) is 2. The van der Waals surface area contributed by atoms with Gasteiger partial charge in [0.15, 0.2) is 0 Å². The summed E-state index contributed by atoms with van der Waals surface area (Å²) < 4.78 is 0. The van der Waals surface area contributed by atoms with Gasteiger partial charge in [0.1, 0.15) is 5.75 Å². The van der Waals surface area contributed by atoms with Crippen molar-refractivity contribution >= 4 is 5.69 Å². The summed E-state index contributed by atoms with van der Waals surface area (Å²) in [6.07, 6.45) is 2.64. The van der Waals surface area contributed by atoms with Crippen molar-refractivity contribution in [2.75, 3.05) is 12.3 Å². The summed E-state index contributed by atoms with van der Waals surface area (Å²) in [5.74, 6) is 0.174. The number of phenols is 1. The molecule has 0 atom stereocenters. The van der Waals surface area contributed by atoms with Crippen molar-refractivity contribution < 1.29 is 5.11 Å². The molecule has 0 radical (unpaired) electrons. The SMILES string of the molecule is CCN(Cc1ccc(O)c(N)c1)C1CC1. The van der Waals surface area contributed by atoms with Crippen LogP contribution >= 0.6 is 0 Å². The molecular weight excluding hydrogens is 188 g/mol. The fraction of sp³-hybridized carbons (Fsp3) is 0.500. The third-order valence-corrected chi connectivity index (χ3v) is 2.95. The van der Waals surface area contributed by atoms with Crippen LogP contribution in [-0.4, -0.2) is 22.6 Å². The van der Waals surface area contributed by atoms with Crippen LogP contribution in [0.15, 0.2) is 18.2 Å². The van der Waals surface area contributed by atoms with E-state index in [0.717, 1.165) is 19.1 Å². The highest BCUT2D eigenvalue weighted by Gasteiger charge is 2.27. The third-order valence-electron chi connectivity index (χ3n) is 2.95. The second kappa shape index (κ2) is 4.11. The molecule has 3 N–H and O–H groups in total. The standard InChI is InChI=1S/C12H18N2O/c1-2-14(10-4-5-10)8-9-3-6-12(15)11(13)7-9/h3,6-7,10,15H,2,4-5,8,13H2,1H3. The molecule has 1 aromatic carbocycles. The molecule has 15 heavy (non-hydrogen) atoms. The summed E-state index contributed by atoms with van der Waals surface area (Å²) >= 11 is 0. The summed E-state index contributed by atoms with van der Waals surface area (Å²) in [7, 11) is 0. The second-order valence-electron chi connectivity index (χ2n) is 4.19. The molecule has 1 aliphatic carbocycles. The van der Waals surface area contributed by atoms with E-state index in [1.54, 1.807) is 6.07 Å². The van der Waals surface area contributed by atoms with Gasteiger partial charge in [-0.15, -0.1) is 0 Å². The Morgan fingerprint density at radius 2 is 2.20 bits per heavy atom. The first kappa shape index (κ1) is 10.3. The molecule has 0 aliphatic heterocycles. The normalized spacial score (nSPS) is 15.9. The topological polar surface area (TPSA) is 49.5 Å². The van der Waals surface area contributed by atoms with Gasteiger partial charge in [-0.2, -0.15) is 0 Å². The van der Waals surface area contributed by atoms with E-state index in [4.69, 9.17) is 5.73 Å². The highest BCUT2D eigenvalue weighted by Crippen LogP contribution is 2.29. The van der Waals surface area contributed by atoms with Gasteiger partial charge < -0.3 is 10.8 Å². The van der Waals surface area contributed by atoms with Crippen LogP contribution in [0, 0.1) is 0 Å². The Balaban J connectivity index is 2.05. The summed E-state index contributed by atoms with van der Waals surface area (Å²) in [5, 5.41) is 9.32. The molecule has 0 saturated heterocycles. The first-order valence-electron chi connectivity index (χ1n) is 5.52. The molecule has 3 heteroatoms. The molecule has 1 fully saturated rings. The van der Waals surface area contributed by atoms with Crippen LogP contribution in [-0.2, 0) is 6.54 Å². The number of hydrogen-bond acceptors (Lipinski definition) is 3. The number of benzene rings is 1. The minimum atomic E-state index is 0.174. The van der Waals surface area contributed by atoms with E-state index in [1.807, 2.05) is 12.1 Å². The molecule has 1 aromatic rings. The van der Waals surface area contributed by atoms with E-state index < -0.39 is 0 Å². The Labute approximate surface area is 90.5 Å². The van der Waals surface area contributed by atoms with Gasteiger partial charge in [-0.1, -0.05) is 13.0 Å². The highest BCUT2D eigenvalue weighted by molar-refractivity contribution is 5.53. The van der Waals surface area contributed by atoms with Crippen LogP contribution in [0.1, 0.15) is 25.3 Å². The third kappa shape index (κ3) is 2.42. The number of phenolic OH excluding ortho intramolecular Hbond substituents is 1. The van der Waals surface area contributed by atoms with E-state index in [0.29, 0.717) is 5.69 Å². The van der Waals surface area contributed by atoms with Gasteiger partial charge in [0, 0.05) is 12.6 Å². The van der Waals surface area contributed by atoms with Crippen molar-refractivity contribution in [3.63, 3.8) is 0 Å². The van der Waals surface area contributed by atoms with E-state index in [-0.39, 0.29) is 5.75 Å². The summed E-state index contributed by atoms with van der Waals surface area (Å²) in [5.41, 5.74) is 7.31. The molecule has 0 bridgehead atoms. The van der Waals surface area contributed by atoms with Crippen molar-refractivity contribution in [1.82, 2.24) is 4.90 Å². The lowest BCUT2D eigenvalue weighted by Gasteiger charge is -2.19. The molecule has 0 heterocycles. The Hall–Kier alpha value is -1.22. The minimum absolute atomic E-state index is 0.174. The number of nitrogens with two attached hydrogens (primary N) is 1. The minimum Gasteiger partial charge on any atom is -0.506 e. The highest BCUT2D eigenvalue weighted by atomic mass is 16.3. The average molecular weight is 206 g/mol. The van der Waals surface area contributed by atoms with Crippen LogP contribution in [0.5, 0.6) is 5.75 Å². The smallest absolute Gasteiger partial charge is 0.138 e. The van der Waals surface area contributed by atoms with E-state index in [2.05, 4.69) is 11.8 Å². The van der Waals surface area contributed by atoms with Crippen LogP contribution in [0.3, 0.4) is 0 Å². The lowest BCUT2D eigenvalue weighted by atomic mass is 10.1. The van der Waals surface area contributed by atoms with Crippen molar-refractivity contribution in [2.24, 2.45) is 0 Å². The Morgan fingerprint density at radius 3 is 2.73 bits per heavy atom. The fourth-order valence-electron chi connectivity index (χ4n) is 1.88. The quantitative estimate of drug-likeness (QED) is 0.585. The van der Waals surface area contributed by atoms with Gasteiger partial charge >= 0.3 is 0 Å². The predicted octanol–water partition coefficient (Wildman–Crippen LogP) is 1.96. The van der Waals surface area contributed by atoms with Crippen molar-refractivity contribution in [3.05, 3.63) is 23.8 Å². The van der Waals surface area contributed by atoms with Gasteiger partial charge in [0.25, 0.3) is 0 Å². The number of nitrogen functional groups attached to an aromatic ring is 1. The average Bonchev–Trinajstić information content (AvgIpc) is 3.03. The van der Waals surface area contributed by atoms with Crippen LogP contribution < -0.4 is 5.73 Å². The zero-order valence-electron chi connectivity index (χ0n) is 9.11. The molecule has 1 saturated carbocycles. The van der Waals surface area contributed by atoms with Gasteiger partial charge in [-0.3, -0.25) is 4.90 Å². The first-order chi connectivity index (χ1) is 7.20. The monoisotopic (exact) mass is 206 g/mol. The van der Waals surface area contributed by atoms with E-state index >= 15 is 0 Å². The Bertz CT molecular complexity index is 347. The number of nitrogens with zero attached hydrogens (tertiary/aromatic N) is 1. The predicted molar refractivity (Wildman–Crippen MR) is 61.6 cm³/mol. The molecule has 1 aliphatic rings. The maximum atomic E-state index is 9.32. The van der Waals surface area contributed by atoms with E-state index in [9.17, 15) is 5.11 Å². The van der Waals surface area contributed by atoms with Gasteiger partial charge in [-0.25, -0.2) is 0 Å². The van der Waals surface area contributed by atoms with Gasteiger partial charge in [-0.05, 0) is 37.1 Å². The fourth-order valence-corrected chi connectivity index (χ4v) is 1.88. The van der Waals surface area contributed by atoms with Crippen molar-refractivity contribution in [1.29, 1.82) is 0 Å². The number of anilines is 1. The molecule has 2 rings (SSSR count). The summed E-state index contributed by atoms with van der Waals surface area (Å²) in [6, 6.07) is 6.24. The van der Waals surface area contributed by atoms with Gasteiger partial charge in [0.05, 0.1) is 5.69 Å². The van der Waals surface area contributed by atoms with Crippen LogP contribution in [0.2, 0.25) is 0 Å². The lowest BCUT2D eigenvalue weighted by Crippen LogP contribution is -2.24. The molecule has 0 amide bonds. The van der Waals surface area contributed by atoms with Crippen LogP contribution in [0.25, 0.3) is 0 Å². The maximum Gasteiger partial charge on any atom is 0.138 e. The molecular formula is C12H18N2O. The molecule has 82 valence electrons. The van der Waals surface area contributed by atoms with E-state index in [1.165, 1.54) is 18.4 Å². The molecule has 0 unspecified atom stereocenters. The van der Waals surface area contributed by atoms with Crippen molar-refractivity contribution in [3.8, 4) is 5.75 Å². The molecule has 0 aromatic heterocycles. The number of aromatic hydroxyl groups is 1. The summed E-state index contributed by atoms with van der Waals surface area (Å²) in [4.78, 5) is 2.45. The van der Waals surface area contributed by atoms with Gasteiger partial charge in [0.2, 0.25) is 0 Å². The van der Waals surface area contributed by atoms with Crippen LogP contribution in [0.4, 0.5) is 5.69 Å². The first-order valence-corrected chi connectivity index (χ1v) is 5.52. The Morgan fingerprint density at radius 1 is 1.47 bits per heavy atom. The second-order valence-corrected chi connectivity index (χ2v) is 4.19. The molecule has 3 nitrogen and oxygen atoms in total. The Kier molecular flexibility index (Phi) is 2.82. The maximum absolute atomic E-state index is 9.32. The number of rotatable bonds is 4.